The Labute approximate surface area is 143 Å². The number of hydrogen-bond donors (Lipinski definition) is 0. The van der Waals surface area contributed by atoms with E-state index >= 15 is 0 Å². The molecule has 3 rings (SSSR count). The highest BCUT2D eigenvalue weighted by molar-refractivity contribution is 6.62. The summed E-state index contributed by atoms with van der Waals surface area (Å²) in [5.74, 6) is 0.00536. The fraction of sp³-hybridized carbons (Fsp3) is 0.706. The van der Waals surface area contributed by atoms with Crippen LogP contribution in [0.2, 0.25) is 0 Å². The fourth-order valence-electron chi connectivity index (χ4n) is 2.62. The van der Waals surface area contributed by atoms with Gasteiger partial charge in [-0.15, -0.1) is 0 Å². The topological polar surface area (TPSA) is 59.0 Å². The molecule has 1 atom stereocenters. The number of hydrogen-bond acceptors (Lipinski definition) is 6. The molecule has 2 saturated heterocycles. The molecule has 2 fully saturated rings. The lowest BCUT2D eigenvalue weighted by molar-refractivity contribution is -0.141. The first kappa shape index (κ1) is 17.7. The Morgan fingerprint density at radius 3 is 2.29 bits per heavy atom. The van der Waals surface area contributed by atoms with Crippen LogP contribution < -0.4 is 10.2 Å². The maximum Gasteiger partial charge on any atom is 0.496 e. The molecule has 6 nitrogen and oxygen atoms in total. The molecule has 0 radical (unpaired) electrons. The van der Waals surface area contributed by atoms with Crippen LogP contribution >= 0.6 is 0 Å². The van der Waals surface area contributed by atoms with Crippen LogP contribution in [0.5, 0.6) is 5.88 Å². The Bertz CT molecular complexity index is 571. The van der Waals surface area contributed by atoms with Gasteiger partial charge in [0.05, 0.1) is 17.8 Å². The molecule has 132 valence electrons. The second kappa shape index (κ2) is 5.98. The van der Waals surface area contributed by atoms with Crippen molar-refractivity contribution >= 4 is 12.6 Å². The zero-order valence-electron chi connectivity index (χ0n) is 15.3. The van der Waals surface area contributed by atoms with Crippen molar-refractivity contribution in [2.75, 3.05) is 13.2 Å². The maximum atomic E-state index is 6.01. The van der Waals surface area contributed by atoms with Crippen LogP contribution in [0, 0.1) is 0 Å². The van der Waals surface area contributed by atoms with Crippen LogP contribution in [0.4, 0.5) is 0 Å². The number of aromatic nitrogens is 1. The maximum absolute atomic E-state index is 6.01. The predicted octanol–water partition coefficient (Wildman–Crippen LogP) is 1.91. The van der Waals surface area contributed by atoms with E-state index in [4.69, 9.17) is 23.5 Å². The number of pyridine rings is 1. The van der Waals surface area contributed by atoms with Crippen LogP contribution in [0.1, 0.15) is 41.5 Å². The van der Waals surface area contributed by atoms with Gasteiger partial charge in [-0.05, 0) is 47.6 Å². The summed E-state index contributed by atoms with van der Waals surface area (Å²) in [4.78, 5) is 4.34. The van der Waals surface area contributed by atoms with Crippen molar-refractivity contribution in [3.8, 4) is 5.88 Å². The molecule has 1 unspecified atom stereocenters. The number of ether oxygens (including phenoxy) is 3. The monoisotopic (exact) mass is 335 g/mol. The summed E-state index contributed by atoms with van der Waals surface area (Å²) < 4.78 is 28.9. The van der Waals surface area contributed by atoms with Crippen LogP contribution in [0.3, 0.4) is 0 Å². The van der Waals surface area contributed by atoms with E-state index < -0.39 is 12.9 Å². The number of rotatable bonds is 4. The van der Waals surface area contributed by atoms with Crippen molar-refractivity contribution in [3.05, 3.63) is 18.3 Å². The van der Waals surface area contributed by atoms with Crippen LogP contribution in [0.25, 0.3) is 0 Å². The van der Waals surface area contributed by atoms with E-state index in [1.54, 1.807) is 6.20 Å². The van der Waals surface area contributed by atoms with Crippen LogP contribution in [-0.4, -0.2) is 48.4 Å². The van der Waals surface area contributed by atoms with Gasteiger partial charge in [0, 0.05) is 11.7 Å². The third-order valence-electron chi connectivity index (χ3n) is 4.77. The summed E-state index contributed by atoms with van der Waals surface area (Å²) in [5, 5.41) is 0. The molecule has 0 spiro atoms. The lowest BCUT2D eigenvalue weighted by atomic mass is 9.80. The molecule has 2 aliphatic rings. The highest BCUT2D eigenvalue weighted by atomic mass is 16.7. The van der Waals surface area contributed by atoms with Crippen molar-refractivity contribution in [2.24, 2.45) is 0 Å². The lowest BCUT2D eigenvalue weighted by Crippen LogP contribution is -2.41. The van der Waals surface area contributed by atoms with Gasteiger partial charge in [-0.2, -0.15) is 0 Å². The summed E-state index contributed by atoms with van der Waals surface area (Å²) in [6.07, 6.45) is 1.65. The van der Waals surface area contributed by atoms with E-state index in [-0.39, 0.29) is 17.3 Å². The zero-order valence-corrected chi connectivity index (χ0v) is 15.3. The van der Waals surface area contributed by atoms with Crippen molar-refractivity contribution in [2.45, 2.75) is 64.6 Å². The Kier molecular flexibility index (Phi) is 4.41. The minimum absolute atomic E-state index is 0.0791. The molecule has 7 heteroatoms. The predicted molar refractivity (Wildman–Crippen MR) is 90.4 cm³/mol. The van der Waals surface area contributed by atoms with Gasteiger partial charge in [0.25, 0.3) is 0 Å². The van der Waals surface area contributed by atoms with E-state index in [1.165, 1.54) is 0 Å². The first-order valence-electron chi connectivity index (χ1n) is 8.34. The normalized spacial score (nSPS) is 27.4. The lowest BCUT2D eigenvalue weighted by Gasteiger charge is -2.32. The van der Waals surface area contributed by atoms with Crippen molar-refractivity contribution < 1.29 is 23.5 Å². The van der Waals surface area contributed by atoms with Crippen molar-refractivity contribution in [1.82, 2.24) is 4.98 Å². The third-order valence-corrected chi connectivity index (χ3v) is 4.77. The molecular weight excluding hydrogens is 309 g/mol. The molecule has 0 aromatic carbocycles. The van der Waals surface area contributed by atoms with Crippen molar-refractivity contribution in [3.63, 3.8) is 0 Å². The molecule has 0 saturated carbocycles. The summed E-state index contributed by atoms with van der Waals surface area (Å²) in [6.45, 7) is 12.8. The quantitative estimate of drug-likeness (QED) is 0.784. The SMILES string of the molecule is CC1(C)OCC(COc2ccc(B3OC(C)(C)C(C)(C)O3)cn2)O1. The second-order valence-corrected chi connectivity index (χ2v) is 7.78. The van der Waals surface area contributed by atoms with Gasteiger partial charge in [-0.25, -0.2) is 4.98 Å². The number of nitrogens with zero attached hydrogens (tertiary/aromatic N) is 1. The average molecular weight is 335 g/mol. The first-order valence-corrected chi connectivity index (χ1v) is 8.34. The molecule has 0 aliphatic carbocycles. The third kappa shape index (κ3) is 3.59. The summed E-state index contributed by atoms with van der Waals surface area (Å²) in [7, 11) is -0.413. The van der Waals surface area contributed by atoms with E-state index in [0.29, 0.717) is 19.1 Å². The molecule has 0 N–H and O–H groups in total. The molecule has 3 heterocycles. The minimum atomic E-state index is -0.540. The Morgan fingerprint density at radius 2 is 1.79 bits per heavy atom. The van der Waals surface area contributed by atoms with Gasteiger partial charge >= 0.3 is 7.12 Å². The van der Waals surface area contributed by atoms with Gasteiger partial charge in [0.1, 0.15) is 12.7 Å². The van der Waals surface area contributed by atoms with Crippen LogP contribution in [-0.2, 0) is 18.8 Å². The summed E-state index contributed by atoms with van der Waals surface area (Å²) in [5.41, 5.74) is 0.154. The standard InChI is InChI=1S/C17H26BNO5/c1-15(2)16(3,4)24-18(23-15)12-7-8-14(19-9-12)20-10-13-11-21-17(5,6)22-13/h7-9,13H,10-11H2,1-6H3. The fourth-order valence-corrected chi connectivity index (χ4v) is 2.62. The molecule has 1 aromatic rings. The van der Waals surface area contributed by atoms with Gasteiger partial charge in [0.15, 0.2) is 5.79 Å². The Morgan fingerprint density at radius 1 is 1.12 bits per heavy atom. The largest absolute Gasteiger partial charge is 0.496 e. The smallest absolute Gasteiger partial charge is 0.475 e. The Balaban J connectivity index is 1.57. The van der Waals surface area contributed by atoms with Gasteiger partial charge < -0.3 is 23.5 Å². The summed E-state index contributed by atoms with van der Waals surface area (Å²) >= 11 is 0. The summed E-state index contributed by atoms with van der Waals surface area (Å²) in [6, 6.07) is 3.74. The highest BCUT2D eigenvalue weighted by Crippen LogP contribution is 2.36. The van der Waals surface area contributed by atoms with Gasteiger partial charge in [-0.3, -0.25) is 0 Å². The molecule has 24 heavy (non-hydrogen) atoms. The van der Waals surface area contributed by atoms with E-state index in [2.05, 4.69) is 4.98 Å². The minimum Gasteiger partial charge on any atom is -0.475 e. The zero-order chi connectivity index (χ0) is 17.6. The molecule has 0 bridgehead atoms. The molecule has 2 aliphatic heterocycles. The molecule has 1 aromatic heterocycles. The first-order chi connectivity index (χ1) is 11.1. The molecule has 0 amide bonds. The van der Waals surface area contributed by atoms with Crippen molar-refractivity contribution in [1.29, 1.82) is 0 Å². The van der Waals surface area contributed by atoms with Gasteiger partial charge in [-0.1, -0.05) is 6.07 Å². The molecular formula is C17H26BNO5. The average Bonchev–Trinajstić information content (AvgIpc) is 2.93. The van der Waals surface area contributed by atoms with E-state index in [0.717, 1.165) is 5.46 Å². The van der Waals surface area contributed by atoms with E-state index in [1.807, 2.05) is 53.7 Å². The highest BCUT2D eigenvalue weighted by Gasteiger charge is 2.51. The van der Waals surface area contributed by atoms with Crippen LogP contribution in [0.15, 0.2) is 18.3 Å². The second-order valence-electron chi connectivity index (χ2n) is 7.78. The van der Waals surface area contributed by atoms with Gasteiger partial charge in [0.2, 0.25) is 5.88 Å². The Hall–Kier alpha value is -1.15. The van der Waals surface area contributed by atoms with E-state index in [9.17, 15) is 0 Å².